The van der Waals surface area contributed by atoms with Gasteiger partial charge in [-0.15, -0.1) is 0 Å². The molecule has 0 fully saturated rings. The fraction of sp³-hybridized carbons (Fsp3) is 0.250. The van der Waals surface area contributed by atoms with Crippen LogP contribution in [0.1, 0.15) is 22.5 Å². The highest BCUT2D eigenvalue weighted by Gasteiger charge is 2.24. The summed E-state index contributed by atoms with van der Waals surface area (Å²) in [4.78, 5) is 24.7. The number of fused-ring (bicyclic) bond motifs is 1. The van der Waals surface area contributed by atoms with Crippen LogP contribution < -0.4 is 5.56 Å². The maximum Gasteiger partial charge on any atom is 0.339 e. The van der Waals surface area contributed by atoms with Gasteiger partial charge in [-0.1, -0.05) is 29.3 Å². The van der Waals surface area contributed by atoms with Gasteiger partial charge in [-0.05, 0) is 36.6 Å². The lowest BCUT2D eigenvalue weighted by atomic mass is 10.0. The summed E-state index contributed by atoms with van der Waals surface area (Å²) in [7, 11) is 1.33. The molecule has 0 saturated heterocycles. The van der Waals surface area contributed by atoms with Crippen molar-refractivity contribution in [3.63, 3.8) is 0 Å². The molecule has 0 atom stereocenters. The standard InChI is InChI=1S/C16H13Cl2NO3/c1-22-16(21)11-8-10(9-4-5-12(17)13(18)7-9)15(20)19-6-2-3-14(11)19/h4-5,7-8H,2-3,6H2,1H3. The van der Waals surface area contributed by atoms with Crippen molar-refractivity contribution in [1.82, 2.24) is 4.57 Å². The molecule has 1 aromatic carbocycles. The lowest BCUT2D eigenvalue weighted by Crippen LogP contribution is -2.24. The smallest absolute Gasteiger partial charge is 0.339 e. The summed E-state index contributed by atoms with van der Waals surface area (Å²) in [5.41, 5.74) is 2.09. The van der Waals surface area contributed by atoms with Gasteiger partial charge in [-0.3, -0.25) is 4.79 Å². The molecule has 6 heteroatoms. The van der Waals surface area contributed by atoms with Crippen LogP contribution in [0.15, 0.2) is 29.1 Å². The van der Waals surface area contributed by atoms with Gasteiger partial charge in [0.25, 0.3) is 5.56 Å². The third kappa shape index (κ3) is 2.42. The number of benzene rings is 1. The van der Waals surface area contributed by atoms with Crippen LogP contribution in [-0.4, -0.2) is 17.6 Å². The first kappa shape index (κ1) is 15.1. The quantitative estimate of drug-likeness (QED) is 0.787. The molecular weight excluding hydrogens is 325 g/mol. The second kappa shape index (κ2) is 5.78. The van der Waals surface area contributed by atoms with E-state index in [-0.39, 0.29) is 5.56 Å². The van der Waals surface area contributed by atoms with Crippen molar-refractivity contribution < 1.29 is 9.53 Å². The Morgan fingerprint density at radius 1 is 1.23 bits per heavy atom. The number of halogens is 2. The molecule has 0 unspecified atom stereocenters. The van der Waals surface area contributed by atoms with Gasteiger partial charge in [0, 0.05) is 17.8 Å². The first-order chi connectivity index (χ1) is 10.5. The third-order valence-corrected chi connectivity index (χ3v) is 4.57. The lowest BCUT2D eigenvalue weighted by molar-refractivity contribution is 0.0598. The molecule has 0 aliphatic carbocycles. The Kier molecular flexibility index (Phi) is 3.98. The number of nitrogens with zero attached hydrogens (tertiary/aromatic N) is 1. The Balaban J connectivity index is 2.26. The van der Waals surface area contributed by atoms with Gasteiger partial charge >= 0.3 is 5.97 Å². The molecule has 0 N–H and O–H groups in total. The normalized spacial score (nSPS) is 13.0. The molecular formula is C16H13Cl2NO3. The van der Waals surface area contributed by atoms with Crippen LogP contribution in [0.2, 0.25) is 10.0 Å². The van der Waals surface area contributed by atoms with Crippen molar-refractivity contribution in [3.8, 4) is 11.1 Å². The fourth-order valence-electron chi connectivity index (χ4n) is 2.77. The third-order valence-electron chi connectivity index (χ3n) is 3.83. The molecule has 22 heavy (non-hydrogen) atoms. The van der Waals surface area contributed by atoms with E-state index in [1.54, 1.807) is 28.8 Å². The van der Waals surface area contributed by atoms with E-state index in [9.17, 15) is 9.59 Å². The highest BCUT2D eigenvalue weighted by Crippen LogP contribution is 2.29. The molecule has 0 saturated carbocycles. The summed E-state index contributed by atoms with van der Waals surface area (Å²) < 4.78 is 6.48. The first-order valence-electron chi connectivity index (χ1n) is 6.83. The largest absolute Gasteiger partial charge is 0.465 e. The van der Waals surface area contributed by atoms with Gasteiger partial charge in [-0.25, -0.2) is 4.79 Å². The van der Waals surface area contributed by atoms with Crippen molar-refractivity contribution in [1.29, 1.82) is 0 Å². The van der Waals surface area contributed by atoms with Gasteiger partial charge in [0.15, 0.2) is 0 Å². The lowest BCUT2D eigenvalue weighted by Gasteiger charge is -2.12. The second-order valence-electron chi connectivity index (χ2n) is 5.10. The number of rotatable bonds is 2. The zero-order valence-corrected chi connectivity index (χ0v) is 13.4. The predicted molar refractivity (Wildman–Crippen MR) is 85.8 cm³/mol. The molecule has 0 amide bonds. The van der Waals surface area contributed by atoms with E-state index < -0.39 is 5.97 Å². The van der Waals surface area contributed by atoms with Crippen molar-refractivity contribution in [3.05, 3.63) is 55.9 Å². The zero-order valence-electron chi connectivity index (χ0n) is 11.9. The Hall–Kier alpha value is -1.78. The monoisotopic (exact) mass is 337 g/mol. The van der Waals surface area contributed by atoms with Crippen molar-refractivity contribution in [2.45, 2.75) is 19.4 Å². The molecule has 2 heterocycles. The minimum absolute atomic E-state index is 0.126. The van der Waals surface area contributed by atoms with Crippen LogP contribution in [0, 0.1) is 0 Å². The molecule has 2 aromatic rings. The molecule has 114 valence electrons. The van der Waals surface area contributed by atoms with Crippen LogP contribution >= 0.6 is 23.2 Å². The van der Waals surface area contributed by atoms with Crippen LogP contribution in [0.25, 0.3) is 11.1 Å². The van der Waals surface area contributed by atoms with E-state index in [1.165, 1.54) is 7.11 Å². The zero-order chi connectivity index (χ0) is 15.9. The summed E-state index contributed by atoms with van der Waals surface area (Å²) in [5, 5.41) is 0.781. The topological polar surface area (TPSA) is 48.3 Å². The first-order valence-corrected chi connectivity index (χ1v) is 7.59. The van der Waals surface area contributed by atoms with Gasteiger partial charge in [0.2, 0.25) is 0 Å². The number of hydrogen-bond acceptors (Lipinski definition) is 3. The van der Waals surface area contributed by atoms with E-state index in [0.717, 1.165) is 12.1 Å². The van der Waals surface area contributed by atoms with Gasteiger partial charge in [-0.2, -0.15) is 0 Å². The van der Waals surface area contributed by atoms with Crippen LogP contribution in [-0.2, 0) is 17.7 Å². The minimum Gasteiger partial charge on any atom is -0.465 e. The van der Waals surface area contributed by atoms with E-state index in [0.29, 0.717) is 39.7 Å². The summed E-state index contributed by atoms with van der Waals surface area (Å²) in [6.07, 6.45) is 1.53. The number of hydrogen-bond donors (Lipinski definition) is 0. The Bertz CT molecular complexity index is 827. The Morgan fingerprint density at radius 3 is 2.68 bits per heavy atom. The average molecular weight is 338 g/mol. The number of aromatic nitrogens is 1. The van der Waals surface area contributed by atoms with E-state index in [1.807, 2.05) is 0 Å². The van der Waals surface area contributed by atoms with E-state index in [4.69, 9.17) is 27.9 Å². The Morgan fingerprint density at radius 2 is 2.00 bits per heavy atom. The SMILES string of the molecule is COC(=O)c1cc(-c2ccc(Cl)c(Cl)c2)c(=O)n2c1CCC2. The molecule has 3 rings (SSSR count). The summed E-state index contributed by atoms with van der Waals surface area (Å²) in [6, 6.07) is 6.57. The molecule has 4 nitrogen and oxygen atoms in total. The van der Waals surface area contributed by atoms with Crippen LogP contribution in [0.3, 0.4) is 0 Å². The number of carbonyl (C=O) groups excluding carboxylic acids is 1. The number of ether oxygens (including phenoxy) is 1. The molecule has 0 bridgehead atoms. The predicted octanol–water partition coefficient (Wildman–Crippen LogP) is 3.55. The summed E-state index contributed by atoms with van der Waals surface area (Å²) in [6.45, 7) is 0.604. The van der Waals surface area contributed by atoms with Crippen molar-refractivity contribution in [2.24, 2.45) is 0 Å². The molecule has 0 radical (unpaired) electrons. The van der Waals surface area contributed by atoms with Crippen molar-refractivity contribution >= 4 is 29.2 Å². The number of esters is 1. The van der Waals surface area contributed by atoms with Crippen molar-refractivity contribution in [2.75, 3.05) is 7.11 Å². The molecule has 1 aliphatic heterocycles. The molecule has 1 aliphatic rings. The molecule has 1 aromatic heterocycles. The summed E-state index contributed by atoms with van der Waals surface area (Å²) in [5.74, 6) is -0.438. The van der Waals surface area contributed by atoms with Crippen LogP contribution in [0.5, 0.6) is 0 Å². The highest BCUT2D eigenvalue weighted by atomic mass is 35.5. The number of carbonyl (C=O) groups is 1. The minimum atomic E-state index is -0.438. The van der Waals surface area contributed by atoms with E-state index in [2.05, 4.69) is 0 Å². The highest BCUT2D eigenvalue weighted by molar-refractivity contribution is 6.42. The maximum atomic E-state index is 12.7. The van der Waals surface area contributed by atoms with Gasteiger partial charge < -0.3 is 9.30 Å². The fourth-order valence-corrected chi connectivity index (χ4v) is 3.07. The average Bonchev–Trinajstić information content (AvgIpc) is 3.00. The summed E-state index contributed by atoms with van der Waals surface area (Å²) >= 11 is 11.9. The Labute approximate surface area is 137 Å². The second-order valence-corrected chi connectivity index (χ2v) is 5.91. The van der Waals surface area contributed by atoms with Crippen LogP contribution in [0.4, 0.5) is 0 Å². The maximum absolute atomic E-state index is 12.7. The van der Waals surface area contributed by atoms with E-state index >= 15 is 0 Å². The number of pyridine rings is 1. The molecule has 0 spiro atoms. The van der Waals surface area contributed by atoms with Gasteiger partial charge in [0.05, 0.1) is 22.7 Å². The number of methoxy groups -OCH3 is 1. The van der Waals surface area contributed by atoms with Gasteiger partial charge in [0.1, 0.15) is 0 Å².